The van der Waals surface area contributed by atoms with Crippen molar-refractivity contribution in [3.63, 3.8) is 0 Å². The summed E-state index contributed by atoms with van der Waals surface area (Å²) in [5.74, 6) is -0.535. The summed E-state index contributed by atoms with van der Waals surface area (Å²) in [4.78, 5) is 54.2. The maximum absolute atomic E-state index is 13.1. The molecule has 2 aliphatic heterocycles. The Morgan fingerprint density at radius 2 is 1.33 bits per heavy atom. The molecule has 4 aliphatic carbocycles. The SMILES string of the molecule is C[C@]12CC[C@H](OCCCN3C(=O)c4ccccc4C3=O)C=C1CC[C@@H]1[C@@H]2CC[C@@]2(C)C1(O)CC[C@]2(OCCCN1C(=O)c2ccccc2C1=O)c1ccoc1. The van der Waals surface area contributed by atoms with Crippen molar-refractivity contribution in [2.45, 2.75) is 95.4 Å². The zero-order valence-corrected chi connectivity index (χ0v) is 31.8. The van der Waals surface area contributed by atoms with Gasteiger partial charge in [0, 0.05) is 37.3 Å². The molecule has 0 spiro atoms. The summed E-state index contributed by atoms with van der Waals surface area (Å²) in [5, 5.41) is 13.1. The molecule has 55 heavy (non-hydrogen) atoms. The number of amides is 4. The molecule has 1 aromatic heterocycles. The monoisotopic (exact) mass is 746 g/mol. The minimum atomic E-state index is -0.943. The predicted octanol–water partition coefficient (Wildman–Crippen LogP) is 7.33. The average Bonchev–Trinajstić information content (AvgIpc) is 3.93. The molecular weight excluding hydrogens is 697 g/mol. The minimum Gasteiger partial charge on any atom is -0.472 e. The van der Waals surface area contributed by atoms with Gasteiger partial charge in [0.05, 0.1) is 46.5 Å². The second-order valence-electron chi connectivity index (χ2n) is 17.1. The summed E-state index contributed by atoms with van der Waals surface area (Å²) in [6.07, 6.45) is 13.6. The van der Waals surface area contributed by atoms with Gasteiger partial charge >= 0.3 is 0 Å². The van der Waals surface area contributed by atoms with E-state index in [2.05, 4.69) is 19.9 Å². The Hall–Kier alpha value is -4.38. The predicted molar refractivity (Wildman–Crippen MR) is 202 cm³/mol. The van der Waals surface area contributed by atoms with E-state index in [0.717, 1.165) is 44.1 Å². The standard InChI is InChI=1S/C45H50N2O8/c1-42-18-15-31(54-24-7-22-46-38(48)32-9-3-4-10-33(32)39(46)49)27-29(42)13-14-37-36(42)16-19-43(2)44(37,52)20-21-45(43,30-17-26-53-28-30)55-25-8-23-47-40(50)34-11-5-6-12-35(34)41(47)51/h3-6,9-12,17,26-28,31,36-37,52H,7-8,13-16,18-25H2,1-2H3/t31-,36-,37+,42-,43-,44?,45-/m0/s1. The van der Waals surface area contributed by atoms with Gasteiger partial charge in [-0.1, -0.05) is 49.8 Å². The third kappa shape index (κ3) is 5.31. The largest absolute Gasteiger partial charge is 0.472 e. The summed E-state index contributed by atoms with van der Waals surface area (Å²) >= 11 is 0. The molecule has 1 unspecified atom stereocenters. The van der Waals surface area contributed by atoms with E-state index in [4.69, 9.17) is 13.9 Å². The second kappa shape index (κ2) is 13.4. The fraction of sp³-hybridized carbons (Fsp3) is 0.511. The molecule has 3 saturated carbocycles. The van der Waals surface area contributed by atoms with Crippen LogP contribution >= 0.6 is 0 Å². The number of ether oxygens (including phenoxy) is 2. The molecule has 7 atom stereocenters. The molecule has 2 aromatic carbocycles. The van der Waals surface area contributed by atoms with Gasteiger partial charge in [-0.2, -0.15) is 0 Å². The Bertz CT molecular complexity index is 2010. The van der Waals surface area contributed by atoms with Gasteiger partial charge in [0.2, 0.25) is 0 Å². The van der Waals surface area contributed by atoms with Crippen molar-refractivity contribution in [2.24, 2.45) is 22.7 Å². The Balaban J connectivity index is 0.855. The number of rotatable bonds is 11. The summed E-state index contributed by atoms with van der Waals surface area (Å²) in [6.45, 7) is 6.02. The lowest BCUT2D eigenvalue weighted by Gasteiger charge is -2.63. The number of aliphatic hydroxyl groups is 1. The molecule has 0 saturated heterocycles. The highest BCUT2D eigenvalue weighted by Gasteiger charge is 2.72. The van der Waals surface area contributed by atoms with Crippen molar-refractivity contribution in [3.8, 4) is 0 Å². The molecule has 3 fully saturated rings. The first kappa shape index (κ1) is 36.3. The van der Waals surface area contributed by atoms with Crippen LogP contribution in [-0.4, -0.2) is 76.5 Å². The number of nitrogens with zero attached hydrogens (tertiary/aromatic N) is 2. The van der Waals surface area contributed by atoms with Crippen molar-refractivity contribution in [2.75, 3.05) is 26.3 Å². The number of allylic oxidation sites excluding steroid dienone is 1. The molecule has 10 heteroatoms. The minimum absolute atomic E-state index is 0.00678. The van der Waals surface area contributed by atoms with Crippen LogP contribution in [0, 0.1) is 22.7 Å². The van der Waals surface area contributed by atoms with E-state index in [9.17, 15) is 24.3 Å². The van der Waals surface area contributed by atoms with Crippen LogP contribution in [0.1, 0.15) is 125 Å². The van der Waals surface area contributed by atoms with Gasteiger partial charge in [-0.3, -0.25) is 29.0 Å². The van der Waals surface area contributed by atoms with E-state index in [0.29, 0.717) is 73.6 Å². The van der Waals surface area contributed by atoms with Crippen LogP contribution in [0.2, 0.25) is 0 Å². The molecule has 0 radical (unpaired) electrons. The molecule has 4 amide bonds. The van der Waals surface area contributed by atoms with Crippen molar-refractivity contribution in [1.29, 1.82) is 0 Å². The second-order valence-corrected chi connectivity index (χ2v) is 17.1. The molecule has 3 aromatic rings. The van der Waals surface area contributed by atoms with E-state index in [1.807, 2.05) is 6.07 Å². The highest BCUT2D eigenvalue weighted by atomic mass is 16.5. The van der Waals surface area contributed by atoms with Crippen molar-refractivity contribution in [1.82, 2.24) is 9.80 Å². The Morgan fingerprint density at radius 3 is 1.91 bits per heavy atom. The number of furan rings is 1. The van der Waals surface area contributed by atoms with Gasteiger partial charge in [0.1, 0.15) is 5.60 Å². The number of imide groups is 2. The zero-order valence-electron chi connectivity index (χ0n) is 31.8. The van der Waals surface area contributed by atoms with Crippen molar-refractivity contribution in [3.05, 3.63) is 107 Å². The van der Waals surface area contributed by atoms with E-state index >= 15 is 0 Å². The highest BCUT2D eigenvalue weighted by Crippen LogP contribution is 2.72. The summed E-state index contributed by atoms with van der Waals surface area (Å²) in [5.41, 5.74) is 1.90. The Morgan fingerprint density at radius 1 is 0.727 bits per heavy atom. The maximum Gasteiger partial charge on any atom is 0.261 e. The number of hydrogen-bond acceptors (Lipinski definition) is 8. The van der Waals surface area contributed by atoms with Crippen molar-refractivity contribution >= 4 is 23.6 Å². The summed E-state index contributed by atoms with van der Waals surface area (Å²) in [7, 11) is 0. The average molecular weight is 747 g/mol. The number of fused-ring (bicyclic) bond motifs is 7. The molecular formula is C45H50N2O8. The van der Waals surface area contributed by atoms with Crippen LogP contribution in [0.4, 0.5) is 0 Å². The van der Waals surface area contributed by atoms with E-state index in [1.165, 1.54) is 15.4 Å². The number of benzene rings is 2. The first-order chi connectivity index (χ1) is 26.5. The third-order valence-corrected chi connectivity index (χ3v) is 14.8. The molecule has 3 heterocycles. The van der Waals surface area contributed by atoms with Crippen LogP contribution in [0.5, 0.6) is 0 Å². The van der Waals surface area contributed by atoms with E-state index in [-0.39, 0.29) is 47.6 Å². The van der Waals surface area contributed by atoms with Crippen LogP contribution in [0.15, 0.2) is 83.2 Å². The number of carbonyl (C=O) groups is 4. The van der Waals surface area contributed by atoms with Crippen LogP contribution < -0.4 is 0 Å². The lowest BCUT2D eigenvalue weighted by molar-refractivity contribution is -0.235. The molecule has 6 aliphatic rings. The lowest BCUT2D eigenvalue weighted by Crippen LogP contribution is -2.64. The van der Waals surface area contributed by atoms with Gasteiger partial charge in [-0.25, -0.2) is 0 Å². The summed E-state index contributed by atoms with van der Waals surface area (Å²) < 4.78 is 19.0. The number of hydrogen-bond donors (Lipinski definition) is 1. The van der Waals surface area contributed by atoms with E-state index in [1.54, 1.807) is 61.1 Å². The topological polar surface area (TPSA) is 127 Å². The van der Waals surface area contributed by atoms with Gasteiger partial charge in [0.25, 0.3) is 23.6 Å². The Labute approximate surface area is 321 Å². The van der Waals surface area contributed by atoms with Crippen LogP contribution in [0.25, 0.3) is 0 Å². The first-order valence-electron chi connectivity index (χ1n) is 20.1. The maximum atomic E-state index is 13.1. The zero-order chi connectivity index (χ0) is 38.2. The summed E-state index contributed by atoms with van der Waals surface area (Å²) in [6, 6.07) is 15.9. The lowest BCUT2D eigenvalue weighted by atomic mass is 9.44. The fourth-order valence-electron chi connectivity index (χ4n) is 11.9. The van der Waals surface area contributed by atoms with Crippen LogP contribution in [-0.2, 0) is 15.1 Å². The molecule has 10 nitrogen and oxygen atoms in total. The van der Waals surface area contributed by atoms with Gasteiger partial charge in [-0.05, 0) is 112 Å². The molecule has 288 valence electrons. The van der Waals surface area contributed by atoms with E-state index < -0.39 is 16.6 Å². The van der Waals surface area contributed by atoms with Gasteiger partial charge < -0.3 is 19.0 Å². The quantitative estimate of drug-likeness (QED) is 0.123. The Kier molecular flexibility index (Phi) is 8.83. The third-order valence-electron chi connectivity index (χ3n) is 14.8. The highest BCUT2D eigenvalue weighted by molar-refractivity contribution is 6.22. The smallest absolute Gasteiger partial charge is 0.261 e. The normalized spacial score (nSPS) is 33.7. The fourth-order valence-corrected chi connectivity index (χ4v) is 11.9. The van der Waals surface area contributed by atoms with Gasteiger partial charge in [-0.15, -0.1) is 0 Å². The first-order valence-corrected chi connectivity index (χ1v) is 20.1. The molecule has 0 bridgehead atoms. The van der Waals surface area contributed by atoms with Crippen LogP contribution in [0.3, 0.4) is 0 Å². The molecule has 1 N–H and O–H groups in total. The van der Waals surface area contributed by atoms with Crippen molar-refractivity contribution < 1.29 is 38.2 Å². The van der Waals surface area contributed by atoms with Gasteiger partial charge in [0.15, 0.2) is 0 Å². The number of carbonyl (C=O) groups excluding carboxylic acids is 4. The molecule has 9 rings (SSSR count).